The first-order valence-electron chi connectivity index (χ1n) is 7.78. The number of amides is 1. The maximum Gasteiger partial charge on any atom is 0.222 e. The van der Waals surface area contributed by atoms with E-state index < -0.39 is 10.0 Å². The van der Waals surface area contributed by atoms with Gasteiger partial charge < -0.3 is 9.64 Å². The van der Waals surface area contributed by atoms with Crippen molar-refractivity contribution in [1.29, 1.82) is 0 Å². The summed E-state index contributed by atoms with van der Waals surface area (Å²) in [5.41, 5.74) is 0. The van der Waals surface area contributed by atoms with Gasteiger partial charge in [-0.05, 0) is 38.0 Å². The zero-order chi connectivity index (χ0) is 15.3. The lowest BCUT2D eigenvalue weighted by Gasteiger charge is -2.33. The minimum absolute atomic E-state index is 0.176. The van der Waals surface area contributed by atoms with Gasteiger partial charge in [0.2, 0.25) is 15.9 Å². The highest BCUT2D eigenvalue weighted by molar-refractivity contribution is 7.88. The van der Waals surface area contributed by atoms with E-state index in [1.54, 1.807) is 0 Å². The molecule has 2 atom stereocenters. The fourth-order valence-electron chi connectivity index (χ4n) is 3.04. The van der Waals surface area contributed by atoms with Crippen LogP contribution < -0.4 is 4.72 Å². The number of nitrogens with zero attached hydrogens (tertiary/aromatic N) is 1. The molecule has 0 saturated carbocycles. The lowest BCUT2D eigenvalue weighted by atomic mass is 9.98. The van der Waals surface area contributed by atoms with Crippen LogP contribution in [-0.2, 0) is 19.6 Å². The summed E-state index contributed by atoms with van der Waals surface area (Å²) in [6.07, 6.45) is 6.84. The van der Waals surface area contributed by atoms with Gasteiger partial charge in [0.25, 0.3) is 0 Å². The molecule has 2 fully saturated rings. The number of ether oxygens (including phenoxy) is 1. The zero-order valence-corrected chi connectivity index (χ0v) is 13.5. The molecule has 2 heterocycles. The van der Waals surface area contributed by atoms with Crippen LogP contribution in [0.15, 0.2) is 0 Å². The van der Waals surface area contributed by atoms with Crippen LogP contribution in [0.3, 0.4) is 0 Å². The van der Waals surface area contributed by atoms with Gasteiger partial charge in [-0.15, -0.1) is 0 Å². The highest BCUT2D eigenvalue weighted by atomic mass is 32.2. The van der Waals surface area contributed by atoms with Gasteiger partial charge >= 0.3 is 0 Å². The summed E-state index contributed by atoms with van der Waals surface area (Å²) >= 11 is 0. The molecule has 0 aromatic carbocycles. The first-order valence-corrected chi connectivity index (χ1v) is 9.67. The monoisotopic (exact) mass is 318 g/mol. The summed E-state index contributed by atoms with van der Waals surface area (Å²) in [6, 6.07) is 0. The summed E-state index contributed by atoms with van der Waals surface area (Å²) in [4.78, 5) is 14.1. The van der Waals surface area contributed by atoms with Crippen molar-refractivity contribution < 1.29 is 17.9 Å². The molecule has 7 heteroatoms. The fraction of sp³-hybridized carbons (Fsp3) is 0.929. The third-order valence-corrected chi connectivity index (χ3v) is 4.90. The van der Waals surface area contributed by atoms with E-state index in [-0.39, 0.29) is 17.9 Å². The lowest BCUT2D eigenvalue weighted by Crippen LogP contribution is -2.43. The highest BCUT2D eigenvalue weighted by Gasteiger charge is 2.25. The third-order valence-electron chi connectivity index (χ3n) is 4.21. The Morgan fingerprint density at radius 3 is 2.81 bits per heavy atom. The fourth-order valence-corrected chi connectivity index (χ4v) is 3.58. The Kier molecular flexibility index (Phi) is 6.01. The van der Waals surface area contributed by atoms with E-state index in [0.29, 0.717) is 19.5 Å². The molecule has 2 saturated heterocycles. The van der Waals surface area contributed by atoms with E-state index in [0.717, 1.165) is 45.3 Å². The van der Waals surface area contributed by atoms with Crippen LogP contribution in [0.25, 0.3) is 0 Å². The first kappa shape index (κ1) is 16.7. The number of carbonyl (C=O) groups excluding carboxylic acids is 1. The molecule has 21 heavy (non-hydrogen) atoms. The number of sulfonamides is 1. The SMILES string of the molecule is CS(=O)(=O)NC[C@@H]1CCCN(C(=O)CC[C@H]2CCCO2)C1. The number of likely N-dealkylation sites (tertiary alicyclic amines) is 1. The minimum atomic E-state index is -3.15. The van der Waals surface area contributed by atoms with Crippen LogP contribution in [0.1, 0.15) is 38.5 Å². The standard InChI is InChI=1S/C14H26N2O4S/c1-21(18,19)15-10-12-4-2-8-16(11-12)14(17)7-6-13-5-3-9-20-13/h12-13,15H,2-11H2,1H3/t12-,13+/m0/s1. The number of carbonyl (C=O) groups is 1. The molecule has 2 aliphatic heterocycles. The zero-order valence-electron chi connectivity index (χ0n) is 12.7. The van der Waals surface area contributed by atoms with Crippen LogP contribution in [0.5, 0.6) is 0 Å². The van der Waals surface area contributed by atoms with E-state index >= 15 is 0 Å². The average molecular weight is 318 g/mol. The van der Waals surface area contributed by atoms with Crippen LogP contribution in [0.4, 0.5) is 0 Å². The Balaban J connectivity index is 1.73. The molecule has 0 aromatic heterocycles. The summed E-state index contributed by atoms with van der Waals surface area (Å²) < 4.78 is 30.3. The number of piperidine rings is 1. The second kappa shape index (κ2) is 7.56. The molecule has 6 nitrogen and oxygen atoms in total. The van der Waals surface area contributed by atoms with Gasteiger partial charge in [0, 0.05) is 32.7 Å². The molecule has 1 amide bonds. The van der Waals surface area contributed by atoms with E-state index in [1.165, 1.54) is 6.26 Å². The topological polar surface area (TPSA) is 75.7 Å². The van der Waals surface area contributed by atoms with E-state index in [9.17, 15) is 13.2 Å². The van der Waals surface area contributed by atoms with Crippen molar-refractivity contribution in [2.24, 2.45) is 5.92 Å². The third kappa shape index (κ3) is 5.92. The number of hydrogen-bond donors (Lipinski definition) is 1. The highest BCUT2D eigenvalue weighted by Crippen LogP contribution is 2.20. The number of rotatable bonds is 6. The van der Waals surface area contributed by atoms with Crippen molar-refractivity contribution in [1.82, 2.24) is 9.62 Å². The minimum Gasteiger partial charge on any atom is -0.378 e. The average Bonchev–Trinajstić information content (AvgIpc) is 2.95. The lowest BCUT2D eigenvalue weighted by molar-refractivity contribution is -0.133. The van der Waals surface area contributed by atoms with Crippen molar-refractivity contribution in [2.45, 2.75) is 44.6 Å². The molecule has 0 bridgehead atoms. The van der Waals surface area contributed by atoms with Crippen molar-refractivity contribution >= 4 is 15.9 Å². The maximum absolute atomic E-state index is 12.2. The first-order chi connectivity index (χ1) is 9.94. The molecule has 0 aliphatic carbocycles. The molecular formula is C14H26N2O4S. The van der Waals surface area contributed by atoms with Crippen molar-refractivity contribution in [3.05, 3.63) is 0 Å². The molecule has 0 unspecified atom stereocenters. The number of hydrogen-bond acceptors (Lipinski definition) is 4. The summed E-state index contributed by atoms with van der Waals surface area (Å²) in [6.45, 7) is 2.70. The molecule has 0 aromatic rings. The van der Waals surface area contributed by atoms with Crippen LogP contribution >= 0.6 is 0 Å². The predicted octanol–water partition coefficient (Wildman–Crippen LogP) is 0.733. The van der Waals surface area contributed by atoms with E-state index in [4.69, 9.17) is 4.74 Å². The van der Waals surface area contributed by atoms with E-state index in [2.05, 4.69) is 4.72 Å². The molecule has 0 radical (unpaired) electrons. The van der Waals surface area contributed by atoms with Gasteiger partial charge in [0.15, 0.2) is 0 Å². The number of nitrogens with one attached hydrogen (secondary N) is 1. The van der Waals surface area contributed by atoms with Crippen molar-refractivity contribution in [3.8, 4) is 0 Å². The van der Waals surface area contributed by atoms with Gasteiger partial charge in [-0.3, -0.25) is 4.79 Å². The van der Waals surface area contributed by atoms with Gasteiger partial charge in [-0.25, -0.2) is 13.1 Å². The van der Waals surface area contributed by atoms with Gasteiger partial charge in [-0.1, -0.05) is 0 Å². The molecule has 0 spiro atoms. The quantitative estimate of drug-likeness (QED) is 0.783. The Morgan fingerprint density at radius 1 is 1.33 bits per heavy atom. The molecule has 2 rings (SSSR count). The second-order valence-corrected chi connectivity index (χ2v) is 7.98. The largest absolute Gasteiger partial charge is 0.378 e. The molecule has 122 valence electrons. The van der Waals surface area contributed by atoms with E-state index in [1.807, 2.05) is 4.90 Å². The van der Waals surface area contributed by atoms with Gasteiger partial charge in [0.05, 0.1) is 12.4 Å². The Labute approximate surface area is 127 Å². The van der Waals surface area contributed by atoms with Gasteiger partial charge in [0.1, 0.15) is 0 Å². The maximum atomic E-state index is 12.2. The summed E-state index contributed by atoms with van der Waals surface area (Å²) in [5.74, 6) is 0.398. The normalized spacial score (nSPS) is 27.0. The second-order valence-electron chi connectivity index (χ2n) is 6.14. The van der Waals surface area contributed by atoms with Crippen molar-refractivity contribution in [3.63, 3.8) is 0 Å². The van der Waals surface area contributed by atoms with Crippen LogP contribution in [-0.4, -0.2) is 57.8 Å². The Morgan fingerprint density at radius 2 is 2.14 bits per heavy atom. The smallest absolute Gasteiger partial charge is 0.222 e. The molecule has 2 aliphatic rings. The Hall–Kier alpha value is -0.660. The predicted molar refractivity (Wildman–Crippen MR) is 80.4 cm³/mol. The summed E-state index contributed by atoms with van der Waals surface area (Å²) in [5, 5.41) is 0. The summed E-state index contributed by atoms with van der Waals surface area (Å²) in [7, 11) is -3.15. The van der Waals surface area contributed by atoms with Crippen molar-refractivity contribution in [2.75, 3.05) is 32.5 Å². The van der Waals surface area contributed by atoms with Crippen LogP contribution in [0.2, 0.25) is 0 Å². The Bertz CT molecular complexity index is 446. The van der Waals surface area contributed by atoms with Crippen LogP contribution in [0, 0.1) is 5.92 Å². The molecule has 1 N–H and O–H groups in total. The van der Waals surface area contributed by atoms with Gasteiger partial charge in [-0.2, -0.15) is 0 Å². The molecular weight excluding hydrogens is 292 g/mol.